The Morgan fingerprint density at radius 1 is 0.833 bits per heavy atom. The first-order chi connectivity index (χ1) is 31.7. The van der Waals surface area contributed by atoms with E-state index >= 15 is 0 Å². The first-order valence-electron chi connectivity index (χ1n) is 21.8. The number of rotatable bonds is 33. The third kappa shape index (κ3) is 18.1. The molecule has 2 saturated heterocycles. The second-order valence-electron chi connectivity index (χ2n) is 15.4. The Hall–Kier alpha value is -3.66. The summed E-state index contributed by atoms with van der Waals surface area (Å²) in [5.41, 5.74) is 1.47. The molecule has 2 amide bonds. The van der Waals surface area contributed by atoms with Gasteiger partial charge in [0.05, 0.1) is 64.9 Å². The highest BCUT2D eigenvalue weighted by molar-refractivity contribution is 7.61. The number of aliphatic hydroxyl groups excluding tert-OH is 3. The molecular weight excluding hydrogens is 921 g/mol. The van der Waals surface area contributed by atoms with Crippen LogP contribution >= 0.6 is 15.6 Å². The van der Waals surface area contributed by atoms with Gasteiger partial charge in [0.15, 0.2) is 17.0 Å². The van der Waals surface area contributed by atoms with Gasteiger partial charge < -0.3 is 60.0 Å². The van der Waals surface area contributed by atoms with Crippen molar-refractivity contribution in [2.45, 2.75) is 114 Å². The summed E-state index contributed by atoms with van der Waals surface area (Å²) < 4.78 is 75.0. The number of aryl methyl sites for hydroxylation is 1. The third-order valence-corrected chi connectivity index (χ3v) is 12.8. The zero-order valence-corrected chi connectivity index (χ0v) is 38.2. The predicted molar refractivity (Wildman–Crippen MR) is 227 cm³/mol. The van der Waals surface area contributed by atoms with E-state index in [1.807, 2.05) is 6.20 Å². The number of aliphatic hydroxyl groups is 3. The number of carbonyl (C=O) groups is 2. The molecule has 2 fully saturated rings. The minimum absolute atomic E-state index is 0.00476. The summed E-state index contributed by atoms with van der Waals surface area (Å²) in [6, 6.07) is 0. The van der Waals surface area contributed by atoms with Crippen LogP contribution in [0.15, 0.2) is 18.9 Å². The Morgan fingerprint density at radius 2 is 1.53 bits per heavy atom. The maximum Gasteiger partial charge on any atom is 0.481 e. The summed E-state index contributed by atoms with van der Waals surface area (Å²) in [5, 5.41) is 47.1. The Balaban J connectivity index is 0.880. The number of nitrogens with one attached hydrogen (secondary N) is 3. The van der Waals surface area contributed by atoms with Gasteiger partial charge in [-0.3, -0.25) is 27.9 Å². The van der Waals surface area contributed by atoms with Gasteiger partial charge in [0.1, 0.15) is 49.3 Å². The van der Waals surface area contributed by atoms with E-state index < -0.39 is 72.3 Å². The third-order valence-electron chi connectivity index (χ3n) is 10.2. The zero-order chi connectivity index (χ0) is 47.4. The molecule has 0 spiro atoms. The van der Waals surface area contributed by atoms with Crippen LogP contribution in [-0.2, 0) is 64.2 Å². The average molecular weight is 983 g/mol. The molecule has 0 bridgehead atoms. The van der Waals surface area contributed by atoms with Gasteiger partial charge >= 0.3 is 15.6 Å². The number of phosphoric acid groups is 2. The van der Waals surface area contributed by atoms with E-state index in [-0.39, 0.29) is 31.4 Å². The lowest BCUT2D eigenvalue weighted by atomic mass is 10.1. The number of unbranched alkanes of at least 4 members (excludes halogenated alkanes) is 4. The number of ether oxygens (including phenoxy) is 4. The number of carbonyl (C=O) groups excluding carboxylic acids is 2. The number of fused-ring (bicyclic) bond motifs is 1. The smallest absolute Gasteiger partial charge is 0.390 e. The van der Waals surface area contributed by atoms with E-state index in [4.69, 9.17) is 23.5 Å². The van der Waals surface area contributed by atoms with E-state index in [1.54, 1.807) is 9.25 Å². The number of hydrogen-bond acceptors (Lipinski definition) is 20. The van der Waals surface area contributed by atoms with Crippen LogP contribution in [0.3, 0.4) is 0 Å². The van der Waals surface area contributed by atoms with Crippen molar-refractivity contribution in [3.8, 4) is 0 Å². The second-order valence-corrected chi connectivity index (χ2v) is 18.5. The molecule has 0 radical (unpaired) electrons. The Bertz CT molecular complexity index is 2040. The summed E-state index contributed by atoms with van der Waals surface area (Å²) >= 11 is 0. The molecule has 0 saturated carbocycles. The van der Waals surface area contributed by atoms with Gasteiger partial charge in [0.25, 0.3) is 0 Å². The van der Waals surface area contributed by atoms with E-state index in [0.29, 0.717) is 94.4 Å². The van der Waals surface area contributed by atoms with E-state index in [2.05, 4.69) is 50.0 Å². The first-order valence-corrected chi connectivity index (χ1v) is 24.7. The molecule has 0 aromatic carbocycles. The number of amides is 2. The average Bonchev–Trinajstić information content (AvgIpc) is 4.08. The fourth-order valence-corrected chi connectivity index (χ4v) is 8.86. The number of imidazole rings is 1. The number of aromatic nitrogens is 7. The van der Waals surface area contributed by atoms with Gasteiger partial charge in [-0.2, -0.15) is 4.31 Å². The lowest BCUT2D eigenvalue weighted by molar-refractivity contribution is -0.122. The van der Waals surface area contributed by atoms with Crippen molar-refractivity contribution in [2.75, 3.05) is 71.3 Å². The van der Waals surface area contributed by atoms with Crippen LogP contribution in [0.25, 0.3) is 11.2 Å². The molecule has 2 aliphatic rings. The zero-order valence-electron chi connectivity index (χ0n) is 36.4. The molecule has 3 aromatic heterocycles. The van der Waals surface area contributed by atoms with Gasteiger partial charge in [0.2, 0.25) is 11.8 Å². The number of phosphoric ester groups is 2. The van der Waals surface area contributed by atoms with Crippen molar-refractivity contribution in [3.63, 3.8) is 0 Å². The highest BCUT2D eigenvalue weighted by atomic mass is 31.3. The minimum Gasteiger partial charge on any atom is -0.390 e. The molecule has 2 aliphatic heterocycles. The van der Waals surface area contributed by atoms with Crippen LogP contribution in [0.2, 0.25) is 0 Å². The first kappa shape index (κ1) is 53.3. The predicted octanol–water partition coefficient (Wildman–Crippen LogP) is 0.796. The molecule has 2 unspecified atom stereocenters. The quantitative estimate of drug-likeness (QED) is 0.0309. The van der Waals surface area contributed by atoms with Crippen LogP contribution in [0.5, 0.6) is 0 Å². The highest BCUT2D eigenvalue weighted by Crippen LogP contribution is 2.60. The largest absolute Gasteiger partial charge is 0.481 e. The monoisotopic (exact) mass is 982 g/mol. The number of anilines is 1. The summed E-state index contributed by atoms with van der Waals surface area (Å²) in [6.45, 7) is 0.965. The van der Waals surface area contributed by atoms with E-state index in [1.165, 1.54) is 12.7 Å². The fourth-order valence-electron chi connectivity index (χ4n) is 6.77. The van der Waals surface area contributed by atoms with Crippen molar-refractivity contribution in [2.24, 2.45) is 0 Å². The van der Waals surface area contributed by atoms with Crippen molar-refractivity contribution in [1.29, 1.82) is 0 Å². The van der Waals surface area contributed by atoms with Crippen LogP contribution in [0, 0.1) is 0 Å². The fraction of sp³-hybridized carbons (Fsp3) is 0.757. The normalized spacial score (nSPS) is 22.6. The molecule has 0 aliphatic carbocycles. The molecule has 5 heterocycles. The lowest BCUT2D eigenvalue weighted by Gasteiger charge is -2.20. The van der Waals surface area contributed by atoms with Crippen LogP contribution in [0.1, 0.15) is 76.1 Å². The summed E-state index contributed by atoms with van der Waals surface area (Å²) in [5.74, 6) is 0.360. The number of alkyl halides is 1. The van der Waals surface area contributed by atoms with Gasteiger partial charge in [-0.25, -0.2) is 28.5 Å². The Morgan fingerprint density at radius 3 is 2.24 bits per heavy atom. The Kier molecular flexibility index (Phi) is 22.1. The van der Waals surface area contributed by atoms with Crippen molar-refractivity contribution >= 4 is 44.4 Å². The summed E-state index contributed by atoms with van der Waals surface area (Å²) in [7, 11) is -10.4. The summed E-state index contributed by atoms with van der Waals surface area (Å²) in [6.07, 6.45) is 3.73. The van der Waals surface area contributed by atoms with Crippen molar-refractivity contribution in [3.05, 3.63) is 24.5 Å². The van der Waals surface area contributed by atoms with Crippen LogP contribution in [0.4, 0.5) is 10.2 Å². The molecule has 66 heavy (non-hydrogen) atoms. The summed E-state index contributed by atoms with van der Waals surface area (Å²) in [4.78, 5) is 57.4. The molecule has 5 rings (SSSR count). The molecular formula is C37H61FN10O16P2. The minimum atomic E-state index is -5.23. The van der Waals surface area contributed by atoms with Gasteiger partial charge in [-0.15, -0.1) is 5.10 Å². The van der Waals surface area contributed by atoms with Gasteiger partial charge in [0, 0.05) is 45.4 Å². The topological polar surface area (TPSA) is 344 Å². The number of nitrogens with zero attached hydrogens (tertiary/aromatic N) is 7. The standard InChI is InChI=1S/C37H61FN10O16P2/c38-10-15-58-16-17-59-20-26-19-47(46-45-26)14-6-2-4-9-31(51)39-11-5-1-3-8-32(52)40-12-7-13-41-36-34-37(43-24-42-36)48(25-44-34)33-18-27(49)29(63-33)22-61-65(54,55)64-66(56,57)62-23-30-35(53)28(50)21-60-30/h19,24-25,27-30,33,35,49-50,53H,1-18,20-23H2,(H,39,51)(H,40,52)(H,54,55)(H,56,57)(H,41,42,43)/t27-,28-,29+,30+,33+,35-/m0/s1. The number of hydrogen-bond donors (Lipinski definition) is 8. The van der Waals surface area contributed by atoms with Gasteiger partial charge in [-0.1, -0.05) is 18.1 Å². The SMILES string of the molecule is O=C(CCCCCn1cc(COCCOCCF)nn1)NCCCCCC(=O)NCCCNc1ncnc2c1ncn2[C@H]1C[C@H](O)[C@@H](COP(=O)(O)OP(=O)(O)OC[C@H]2OC[C@H](O)[C@@H]2O)O1. The highest BCUT2D eigenvalue weighted by Gasteiger charge is 2.42. The van der Waals surface area contributed by atoms with Crippen molar-refractivity contribution < 1.29 is 80.5 Å². The maximum atomic E-state index is 12.4. The molecule has 8 atom stereocenters. The lowest BCUT2D eigenvalue weighted by Crippen LogP contribution is -2.32. The maximum absolute atomic E-state index is 12.4. The Labute approximate surface area is 379 Å². The molecule has 372 valence electrons. The molecule has 8 N–H and O–H groups in total. The van der Waals surface area contributed by atoms with Crippen LogP contribution < -0.4 is 16.0 Å². The van der Waals surface area contributed by atoms with E-state index in [0.717, 1.165) is 32.1 Å². The van der Waals surface area contributed by atoms with Gasteiger partial charge in [-0.05, 0) is 32.1 Å². The molecule has 29 heteroatoms. The van der Waals surface area contributed by atoms with E-state index in [9.17, 15) is 48.2 Å². The molecule has 3 aromatic rings. The number of halogens is 1. The second kappa shape index (κ2) is 27.4. The molecule has 26 nitrogen and oxygen atoms in total. The van der Waals surface area contributed by atoms with Crippen molar-refractivity contribution in [1.82, 2.24) is 45.1 Å². The van der Waals surface area contributed by atoms with Crippen LogP contribution in [-0.4, -0.2) is 168 Å².